The molecule has 2 aliphatic heterocycles. The highest BCUT2D eigenvalue weighted by Crippen LogP contribution is 2.36. The molecule has 0 saturated carbocycles. The summed E-state index contributed by atoms with van der Waals surface area (Å²) in [6.07, 6.45) is 14.8. The highest BCUT2D eigenvalue weighted by Gasteiger charge is 2.34. The van der Waals surface area contributed by atoms with Gasteiger partial charge in [0.1, 0.15) is 9.84 Å². The van der Waals surface area contributed by atoms with Gasteiger partial charge in [-0.15, -0.1) is 0 Å². The number of nitrogens with one attached hydrogen (secondary N) is 1. The zero-order valence-corrected chi connectivity index (χ0v) is 16.9. The number of amides is 1. The van der Waals surface area contributed by atoms with E-state index in [9.17, 15) is 13.2 Å². The average molecular weight is 393 g/mol. The minimum absolute atomic E-state index is 0.0545. The highest BCUT2D eigenvalue weighted by molar-refractivity contribution is 7.90. The normalized spacial score (nSPS) is 24.9. The third-order valence-electron chi connectivity index (χ3n) is 5.65. The van der Waals surface area contributed by atoms with Crippen molar-refractivity contribution in [3.05, 3.63) is 35.1 Å². The SMILES string of the molecule is CS(=O)(=O)CCN1C(C2CCNCC2)=C(C(N)=O)C=[C]C1C1=CCCCC1. The summed E-state index contributed by atoms with van der Waals surface area (Å²) < 4.78 is 23.7. The molecule has 1 unspecified atom stereocenters. The molecule has 3 aliphatic rings. The summed E-state index contributed by atoms with van der Waals surface area (Å²) in [7, 11) is -3.12. The Morgan fingerprint density at radius 1 is 1.33 bits per heavy atom. The van der Waals surface area contributed by atoms with Crippen molar-refractivity contribution in [1.29, 1.82) is 0 Å². The molecule has 1 radical (unpaired) electrons. The highest BCUT2D eigenvalue weighted by atomic mass is 32.2. The number of hydrogen-bond acceptors (Lipinski definition) is 5. The standard InChI is InChI=1S/C20H30N3O3S/c1-27(25,26)14-13-23-18(15-5-3-2-4-6-15)8-7-17(20(21)24)19(23)16-9-11-22-12-10-16/h5,7,16,18,22H,2-4,6,9-14H2,1H3,(H2,21,24). The molecule has 1 aliphatic carbocycles. The fraction of sp³-hybridized carbons (Fsp3) is 0.650. The van der Waals surface area contributed by atoms with Gasteiger partial charge in [-0.25, -0.2) is 8.42 Å². The van der Waals surface area contributed by atoms with Crippen molar-refractivity contribution >= 4 is 15.7 Å². The van der Waals surface area contributed by atoms with Crippen LogP contribution in [0.3, 0.4) is 0 Å². The summed E-state index contributed by atoms with van der Waals surface area (Å²) in [6, 6.07) is -0.0972. The first-order valence-corrected chi connectivity index (χ1v) is 11.9. The summed E-state index contributed by atoms with van der Waals surface area (Å²) in [5.41, 5.74) is 8.38. The number of rotatable bonds is 6. The summed E-state index contributed by atoms with van der Waals surface area (Å²) in [5, 5.41) is 3.35. The van der Waals surface area contributed by atoms with Crippen LogP contribution < -0.4 is 11.1 Å². The number of piperidine rings is 1. The van der Waals surface area contributed by atoms with E-state index in [1.54, 1.807) is 6.08 Å². The van der Waals surface area contributed by atoms with Gasteiger partial charge in [-0.3, -0.25) is 4.79 Å². The van der Waals surface area contributed by atoms with E-state index in [0.29, 0.717) is 12.1 Å². The second-order valence-electron chi connectivity index (χ2n) is 7.75. The Morgan fingerprint density at radius 2 is 2.07 bits per heavy atom. The molecule has 0 bridgehead atoms. The number of primary amides is 1. The molecule has 0 spiro atoms. The van der Waals surface area contributed by atoms with Crippen molar-refractivity contribution < 1.29 is 13.2 Å². The van der Waals surface area contributed by atoms with E-state index >= 15 is 0 Å². The van der Waals surface area contributed by atoms with Crippen LogP contribution >= 0.6 is 0 Å². The maximum Gasteiger partial charge on any atom is 0.250 e. The second kappa shape index (κ2) is 8.61. The largest absolute Gasteiger partial charge is 0.366 e. The summed E-state index contributed by atoms with van der Waals surface area (Å²) >= 11 is 0. The molecule has 1 amide bonds. The molecule has 6 nitrogen and oxygen atoms in total. The smallest absolute Gasteiger partial charge is 0.250 e. The molecule has 3 rings (SSSR count). The van der Waals surface area contributed by atoms with Crippen molar-refractivity contribution in [2.24, 2.45) is 11.7 Å². The van der Waals surface area contributed by atoms with E-state index < -0.39 is 15.7 Å². The molecule has 0 aromatic rings. The predicted octanol–water partition coefficient (Wildman–Crippen LogP) is 1.31. The van der Waals surface area contributed by atoms with E-state index in [-0.39, 0.29) is 17.7 Å². The van der Waals surface area contributed by atoms with Crippen LogP contribution in [0.2, 0.25) is 0 Å². The molecule has 7 heteroatoms. The first-order chi connectivity index (χ1) is 12.9. The molecule has 1 fully saturated rings. The minimum atomic E-state index is -3.12. The van der Waals surface area contributed by atoms with Gasteiger partial charge >= 0.3 is 0 Å². The van der Waals surface area contributed by atoms with Crippen LogP contribution in [0.5, 0.6) is 0 Å². The maximum absolute atomic E-state index is 12.2. The molecule has 0 aromatic heterocycles. The van der Waals surface area contributed by atoms with Gasteiger partial charge in [0.05, 0.1) is 17.4 Å². The van der Waals surface area contributed by atoms with Gasteiger partial charge in [-0.2, -0.15) is 0 Å². The van der Waals surface area contributed by atoms with E-state index in [0.717, 1.165) is 50.9 Å². The molecule has 2 heterocycles. The number of nitrogens with two attached hydrogens (primary N) is 1. The van der Waals surface area contributed by atoms with Crippen LogP contribution in [0.1, 0.15) is 38.5 Å². The Balaban J connectivity index is 2.00. The molecule has 0 aromatic carbocycles. The molecular weight excluding hydrogens is 362 g/mol. The van der Waals surface area contributed by atoms with Crippen LogP contribution in [-0.2, 0) is 14.6 Å². The molecule has 3 N–H and O–H groups in total. The Bertz CT molecular complexity index is 761. The van der Waals surface area contributed by atoms with Gasteiger partial charge in [-0.05, 0) is 69.3 Å². The van der Waals surface area contributed by atoms with Crippen LogP contribution in [0, 0.1) is 12.0 Å². The van der Waals surface area contributed by atoms with Crippen LogP contribution in [0.4, 0.5) is 0 Å². The third-order valence-corrected chi connectivity index (χ3v) is 6.58. The van der Waals surface area contributed by atoms with E-state index in [1.165, 1.54) is 18.2 Å². The van der Waals surface area contributed by atoms with E-state index in [2.05, 4.69) is 22.4 Å². The molecule has 1 saturated heterocycles. The lowest BCUT2D eigenvalue weighted by Gasteiger charge is -2.43. The average Bonchev–Trinajstić information content (AvgIpc) is 2.66. The van der Waals surface area contributed by atoms with Gasteiger partial charge in [0.2, 0.25) is 5.91 Å². The monoisotopic (exact) mass is 392 g/mol. The Kier molecular flexibility index (Phi) is 6.42. The second-order valence-corrected chi connectivity index (χ2v) is 10.0. The van der Waals surface area contributed by atoms with E-state index in [1.807, 2.05) is 0 Å². The molecular formula is C20H30N3O3S. The maximum atomic E-state index is 12.2. The number of nitrogens with zero attached hydrogens (tertiary/aromatic N) is 1. The Hall–Kier alpha value is -1.60. The van der Waals surface area contributed by atoms with Crippen molar-refractivity contribution in [2.45, 2.75) is 44.6 Å². The third kappa shape index (κ3) is 5.02. The number of hydrogen-bond donors (Lipinski definition) is 2. The van der Waals surface area contributed by atoms with Crippen molar-refractivity contribution in [1.82, 2.24) is 10.2 Å². The summed E-state index contributed by atoms with van der Waals surface area (Å²) in [6.45, 7) is 2.14. The quantitative estimate of drug-likeness (QED) is 0.665. The lowest BCUT2D eigenvalue weighted by atomic mass is 9.84. The lowest BCUT2D eigenvalue weighted by Crippen LogP contribution is -2.45. The minimum Gasteiger partial charge on any atom is -0.366 e. The fourth-order valence-corrected chi connectivity index (χ4v) is 4.83. The van der Waals surface area contributed by atoms with Gasteiger partial charge in [0, 0.05) is 24.4 Å². The Labute approximate surface area is 162 Å². The predicted molar refractivity (Wildman–Crippen MR) is 106 cm³/mol. The molecule has 27 heavy (non-hydrogen) atoms. The van der Waals surface area contributed by atoms with Crippen LogP contribution in [0.15, 0.2) is 29.0 Å². The molecule has 149 valence electrons. The first-order valence-electron chi connectivity index (χ1n) is 9.84. The van der Waals surface area contributed by atoms with Gasteiger partial charge in [-0.1, -0.05) is 6.08 Å². The fourth-order valence-electron chi connectivity index (χ4n) is 4.30. The van der Waals surface area contributed by atoms with Gasteiger partial charge < -0.3 is 16.0 Å². The van der Waals surface area contributed by atoms with E-state index in [4.69, 9.17) is 5.73 Å². The van der Waals surface area contributed by atoms with Gasteiger partial charge in [0.25, 0.3) is 0 Å². The summed E-state index contributed by atoms with van der Waals surface area (Å²) in [4.78, 5) is 14.3. The number of carbonyl (C=O) groups excluding carboxylic acids is 1. The first kappa shape index (κ1) is 20.1. The van der Waals surface area contributed by atoms with Crippen LogP contribution in [-0.4, -0.2) is 56.9 Å². The van der Waals surface area contributed by atoms with Crippen molar-refractivity contribution in [3.8, 4) is 0 Å². The molecule has 1 atom stereocenters. The Morgan fingerprint density at radius 3 is 2.67 bits per heavy atom. The lowest BCUT2D eigenvalue weighted by molar-refractivity contribution is -0.114. The number of carbonyl (C=O) groups is 1. The number of sulfone groups is 1. The topological polar surface area (TPSA) is 92.5 Å². The van der Waals surface area contributed by atoms with Crippen LogP contribution in [0.25, 0.3) is 0 Å². The summed E-state index contributed by atoms with van der Waals surface area (Å²) in [5.74, 6) is -0.200. The van der Waals surface area contributed by atoms with Crippen molar-refractivity contribution in [2.75, 3.05) is 31.6 Å². The van der Waals surface area contributed by atoms with Gasteiger partial charge in [0.15, 0.2) is 0 Å². The zero-order valence-electron chi connectivity index (χ0n) is 16.0. The number of allylic oxidation sites excluding steroid dienone is 2. The zero-order chi connectivity index (χ0) is 19.4. The van der Waals surface area contributed by atoms with Crippen molar-refractivity contribution in [3.63, 3.8) is 0 Å².